The highest BCUT2D eigenvalue weighted by atomic mass is 16.2. The van der Waals surface area contributed by atoms with Crippen molar-refractivity contribution in [2.45, 2.75) is 26.7 Å². The van der Waals surface area contributed by atoms with Gasteiger partial charge < -0.3 is 5.32 Å². The number of allylic oxidation sites excluding steroid dienone is 3. The van der Waals surface area contributed by atoms with Gasteiger partial charge in [0.2, 0.25) is 0 Å². The maximum atomic E-state index is 12.2. The molecule has 2 heteroatoms. The van der Waals surface area contributed by atoms with Crippen LogP contribution in [0.4, 0.5) is 5.69 Å². The minimum absolute atomic E-state index is 0.0337. The van der Waals surface area contributed by atoms with Gasteiger partial charge in [-0.15, -0.1) is 0 Å². The van der Waals surface area contributed by atoms with Crippen molar-refractivity contribution in [1.82, 2.24) is 0 Å². The van der Waals surface area contributed by atoms with Gasteiger partial charge in [0.15, 0.2) is 0 Å². The van der Waals surface area contributed by atoms with Crippen molar-refractivity contribution in [1.29, 1.82) is 0 Å². The molecule has 1 saturated carbocycles. The molecule has 1 heterocycles. The molecular weight excluding hydrogens is 246 g/mol. The molecule has 2 atom stereocenters. The molecule has 1 N–H and O–H groups in total. The number of benzene rings is 1. The number of carbonyl (C=O) groups excluding carboxylic acids is 1. The summed E-state index contributed by atoms with van der Waals surface area (Å²) in [6, 6.07) is 7.94. The fourth-order valence-corrected chi connectivity index (χ4v) is 4.01. The van der Waals surface area contributed by atoms with Gasteiger partial charge in [-0.05, 0) is 47.8 Å². The summed E-state index contributed by atoms with van der Waals surface area (Å²) in [5, 5.41) is 2.95. The fraction of sp³-hybridized carbons (Fsp3) is 0.389. The lowest BCUT2D eigenvalue weighted by Crippen LogP contribution is -2.47. The van der Waals surface area contributed by atoms with Gasteiger partial charge in [0, 0.05) is 16.8 Å². The largest absolute Gasteiger partial charge is 0.321 e. The molecule has 3 aliphatic carbocycles. The number of hydrogen-bond donors (Lipinski definition) is 1. The van der Waals surface area contributed by atoms with Crippen LogP contribution in [0.15, 0.2) is 42.0 Å². The van der Waals surface area contributed by atoms with E-state index in [4.69, 9.17) is 0 Å². The summed E-state index contributed by atoms with van der Waals surface area (Å²) < 4.78 is 0. The van der Waals surface area contributed by atoms with Crippen molar-refractivity contribution in [3.8, 4) is 0 Å². The first-order chi connectivity index (χ1) is 9.57. The first kappa shape index (κ1) is 12.0. The van der Waals surface area contributed by atoms with Gasteiger partial charge in [0.1, 0.15) is 0 Å². The predicted octanol–water partition coefficient (Wildman–Crippen LogP) is 4.01. The zero-order chi connectivity index (χ0) is 13.9. The smallest absolute Gasteiger partial charge is 0.256 e. The molecule has 4 aliphatic rings. The molecule has 5 rings (SSSR count). The third kappa shape index (κ3) is 1.48. The molecule has 1 amide bonds. The summed E-state index contributed by atoms with van der Waals surface area (Å²) in [7, 11) is 0. The van der Waals surface area contributed by atoms with Crippen molar-refractivity contribution in [3.63, 3.8) is 0 Å². The summed E-state index contributed by atoms with van der Waals surface area (Å²) in [5.74, 6) is 1.49. The molecule has 102 valence electrons. The normalized spacial score (nSPS) is 31.4. The van der Waals surface area contributed by atoms with Crippen molar-refractivity contribution in [3.05, 3.63) is 47.6 Å². The highest BCUT2D eigenvalue weighted by molar-refractivity contribution is 6.31. The quantitative estimate of drug-likeness (QED) is 0.764. The van der Waals surface area contributed by atoms with Crippen molar-refractivity contribution >= 4 is 17.2 Å². The lowest BCUT2D eigenvalue weighted by molar-refractivity contribution is -0.110. The van der Waals surface area contributed by atoms with E-state index in [0.29, 0.717) is 11.3 Å². The molecule has 0 radical (unpaired) electrons. The van der Waals surface area contributed by atoms with Crippen LogP contribution in [-0.4, -0.2) is 5.91 Å². The van der Waals surface area contributed by atoms with Crippen LogP contribution in [0.1, 0.15) is 32.3 Å². The monoisotopic (exact) mass is 265 g/mol. The number of nitrogens with one attached hydrogen (secondary N) is 1. The van der Waals surface area contributed by atoms with Crippen LogP contribution in [0.5, 0.6) is 0 Å². The Morgan fingerprint density at radius 1 is 1.30 bits per heavy atom. The van der Waals surface area contributed by atoms with Crippen LogP contribution in [0.2, 0.25) is 0 Å². The minimum atomic E-state index is 0.0337. The molecule has 20 heavy (non-hydrogen) atoms. The molecular formula is C18H19NO. The lowest BCUT2D eigenvalue weighted by Gasteiger charge is -2.56. The van der Waals surface area contributed by atoms with Gasteiger partial charge in [-0.1, -0.05) is 38.1 Å². The molecule has 0 aromatic heterocycles. The maximum Gasteiger partial charge on any atom is 0.256 e. The number of fused-ring (bicyclic) bond motifs is 2. The summed E-state index contributed by atoms with van der Waals surface area (Å²) in [6.45, 7) is 4.72. The molecule has 1 fully saturated rings. The van der Waals surface area contributed by atoms with Gasteiger partial charge in [0.25, 0.3) is 5.91 Å². The Morgan fingerprint density at radius 3 is 2.85 bits per heavy atom. The van der Waals surface area contributed by atoms with Gasteiger partial charge in [-0.25, -0.2) is 0 Å². The van der Waals surface area contributed by atoms with Crippen molar-refractivity contribution < 1.29 is 4.79 Å². The van der Waals surface area contributed by atoms with Gasteiger partial charge in [-0.2, -0.15) is 0 Å². The Kier molecular flexibility index (Phi) is 2.30. The molecule has 2 nitrogen and oxygen atoms in total. The van der Waals surface area contributed by atoms with Gasteiger partial charge in [0.05, 0.1) is 0 Å². The molecule has 1 aromatic carbocycles. The van der Waals surface area contributed by atoms with E-state index in [1.54, 1.807) is 0 Å². The van der Waals surface area contributed by atoms with Gasteiger partial charge in [-0.3, -0.25) is 4.79 Å². The SMILES string of the molecule is CC1(C)[C@@H]2CC=C(/C=C3/C(=O)Nc4ccccc43)[C@H]1C2. The molecule has 1 aliphatic heterocycles. The average Bonchev–Trinajstić information content (AvgIpc) is 2.75. The molecule has 0 spiro atoms. The second-order valence-electron chi connectivity index (χ2n) is 6.80. The van der Waals surface area contributed by atoms with E-state index < -0.39 is 0 Å². The Morgan fingerprint density at radius 2 is 2.10 bits per heavy atom. The summed E-state index contributed by atoms with van der Waals surface area (Å²) in [4.78, 5) is 12.2. The topological polar surface area (TPSA) is 29.1 Å². The van der Waals surface area contributed by atoms with E-state index in [2.05, 4.69) is 31.3 Å². The number of carbonyl (C=O) groups is 1. The number of hydrogen-bond acceptors (Lipinski definition) is 1. The van der Waals surface area contributed by atoms with E-state index in [1.807, 2.05) is 24.3 Å². The molecule has 0 saturated heterocycles. The summed E-state index contributed by atoms with van der Waals surface area (Å²) >= 11 is 0. The highest BCUT2D eigenvalue weighted by Gasteiger charge is 2.50. The zero-order valence-corrected chi connectivity index (χ0v) is 11.9. The van der Waals surface area contributed by atoms with E-state index >= 15 is 0 Å². The fourth-order valence-electron chi connectivity index (χ4n) is 4.01. The summed E-state index contributed by atoms with van der Waals surface area (Å²) in [6.07, 6.45) is 6.91. The Balaban J connectivity index is 1.75. The predicted molar refractivity (Wildman–Crippen MR) is 81.1 cm³/mol. The number of amides is 1. The Labute approximate surface area is 119 Å². The van der Waals surface area contributed by atoms with Crippen LogP contribution >= 0.6 is 0 Å². The number of para-hydroxylation sites is 1. The van der Waals surface area contributed by atoms with E-state index in [9.17, 15) is 4.79 Å². The number of rotatable bonds is 1. The van der Waals surface area contributed by atoms with Crippen LogP contribution in [-0.2, 0) is 4.79 Å². The van der Waals surface area contributed by atoms with Crippen LogP contribution < -0.4 is 5.32 Å². The third-order valence-electron chi connectivity index (χ3n) is 5.53. The van der Waals surface area contributed by atoms with Gasteiger partial charge >= 0.3 is 0 Å². The molecule has 2 bridgehead atoms. The van der Waals surface area contributed by atoms with Crippen molar-refractivity contribution in [2.24, 2.45) is 17.3 Å². The first-order valence-electron chi connectivity index (χ1n) is 7.40. The van der Waals surface area contributed by atoms with Crippen LogP contribution in [0.25, 0.3) is 5.57 Å². The maximum absolute atomic E-state index is 12.2. The zero-order valence-electron chi connectivity index (χ0n) is 11.9. The van der Waals surface area contributed by atoms with Crippen LogP contribution in [0.3, 0.4) is 0 Å². The first-order valence-corrected chi connectivity index (χ1v) is 7.40. The van der Waals surface area contributed by atoms with E-state index in [-0.39, 0.29) is 5.91 Å². The van der Waals surface area contributed by atoms with Crippen LogP contribution in [0, 0.1) is 17.3 Å². The Bertz CT molecular complexity index is 666. The highest BCUT2D eigenvalue weighted by Crippen LogP contribution is 2.59. The average molecular weight is 265 g/mol. The van der Waals surface area contributed by atoms with E-state index in [0.717, 1.165) is 29.2 Å². The van der Waals surface area contributed by atoms with E-state index in [1.165, 1.54) is 12.0 Å². The molecule has 1 aromatic rings. The summed E-state index contributed by atoms with van der Waals surface area (Å²) in [5.41, 5.74) is 4.56. The second kappa shape index (κ2) is 3.85. The number of anilines is 1. The Hall–Kier alpha value is -1.83. The minimum Gasteiger partial charge on any atom is -0.321 e. The second-order valence-corrected chi connectivity index (χ2v) is 6.80. The molecule has 0 unspecified atom stereocenters. The standard InChI is InChI=1S/C18H19NO/c1-18(2)12-8-7-11(15(18)10-12)9-14-13-5-3-4-6-16(13)19-17(14)20/h3-7,9,12,15H,8,10H2,1-2H3,(H,19,20)/b14-9+/t12-,15-/m1/s1. The third-order valence-corrected chi connectivity index (χ3v) is 5.53. The lowest BCUT2D eigenvalue weighted by atomic mass is 9.49. The van der Waals surface area contributed by atoms with Crippen molar-refractivity contribution in [2.75, 3.05) is 5.32 Å².